The van der Waals surface area contributed by atoms with Crippen molar-refractivity contribution in [2.75, 3.05) is 12.0 Å². The molecule has 0 spiro atoms. The summed E-state index contributed by atoms with van der Waals surface area (Å²) in [5.74, 6) is 0.644. The minimum Gasteiger partial charge on any atom is -0.496 e. The number of halogens is 1. The molecule has 0 aliphatic carbocycles. The van der Waals surface area contributed by atoms with Crippen molar-refractivity contribution < 1.29 is 18.7 Å². The van der Waals surface area contributed by atoms with E-state index in [0.717, 1.165) is 11.1 Å². The van der Waals surface area contributed by atoms with Gasteiger partial charge < -0.3 is 14.8 Å². The van der Waals surface area contributed by atoms with Gasteiger partial charge in [-0.05, 0) is 72.4 Å². The van der Waals surface area contributed by atoms with E-state index in [4.69, 9.17) is 21.7 Å². The van der Waals surface area contributed by atoms with Gasteiger partial charge in [0.1, 0.15) is 29.6 Å². The van der Waals surface area contributed by atoms with Gasteiger partial charge in [0, 0.05) is 5.56 Å². The maximum Gasteiger partial charge on any atom is 0.281 e. The van der Waals surface area contributed by atoms with Crippen LogP contribution in [0.3, 0.4) is 0 Å². The molecule has 0 aromatic heterocycles. The second-order valence-electron chi connectivity index (χ2n) is 6.78. The van der Waals surface area contributed by atoms with Gasteiger partial charge >= 0.3 is 0 Å². The molecule has 5 nitrogen and oxygen atoms in total. The molecule has 31 heavy (non-hydrogen) atoms. The molecular weight excluding hydrogens is 415 g/mol. The van der Waals surface area contributed by atoms with Crippen molar-refractivity contribution >= 4 is 35.0 Å². The molecule has 0 atom stereocenters. The third-order valence-electron chi connectivity index (χ3n) is 4.72. The summed E-state index contributed by atoms with van der Waals surface area (Å²) in [6.07, 6.45) is 1.73. The lowest BCUT2D eigenvalue weighted by atomic mass is 10.1. The molecule has 0 bridgehead atoms. The molecule has 1 amide bonds. The first-order valence-electron chi connectivity index (χ1n) is 9.52. The molecule has 0 saturated carbocycles. The van der Waals surface area contributed by atoms with E-state index < -0.39 is 0 Å². The van der Waals surface area contributed by atoms with E-state index in [2.05, 4.69) is 5.32 Å². The SMILES string of the molecule is COc1ccc(C=C2NC(=S)N(c3ccccc3)C2=O)cc1COc1ccc(F)cc1. The van der Waals surface area contributed by atoms with E-state index in [1.54, 1.807) is 25.3 Å². The molecule has 0 unspecified atom stereocenters. The number of rotatable bonds is 6. The number of hydrogen-bond acceptors (Lipinski definition) is 4. The fourth-order valence-electron chi connectivity index (χ4n) is 3.21. The van der Waals surface area contributed by atoms with Crippen LogP contribution in [0.1, 0.15) is 11.1 Å². The average molecular weight is 434 g/mol. The van der Waals surface area contributed by atoms with E-state index in [9.17, 15) is 9.18 Å². The minimum absolute atomic E-state index is 0.224. The number of ether oxygens (including phenoxy) is 2. The van der Waals surface area contributed by atoms with Crippen molar-refractivity contribution in [3.8, 4) is 11.5 Å². The number of hydrogen-bond donors (Lipinski definition) is 1. The van der Waals surface area contributed by atoms with Gasteiger partial charge in [-0.2, -0.15) is 0 Å². The number of nitrogens with zero attached hydrogens (tertiary/aromatic N) is 1. The molecule has 156 valence electrons. The lowest BCUT2D eigenvalue weighted by Gasteiger charge is -2.13. The Morgan fingerprint density at radius 1 is 1.06 bits per heavy atom. The molecule has 1 fully saturated rings. The summed E-state index contributed by atoms with van der Waals surface area (Å²) >= 11 is 5.35. The summed E-state index contributed by atoms with van der Waals surface area (Å²) in [6, 6.07) is 20.6. The molecule has 1 N–H and O–H groups in total. The van der Waals surface area contributed by atoms with Crippen molar-refractivity contribution in [3.05, 3.63) is 95.4 Å². The van der Waals surface area contributed by atoms with Crippen LogP contribution in [0.5, 0.6) is 11.5 Å². The second kappa shape index (κ2) is 8.97. The van der Waals surface area contributed by atoms with Gasteiger partial charge in [-0.1, -0.05) is 24.3 Å². The first-order valence-corrected chi connectivity index (χ1v) is 9.93. The van der Waals surface area contributed by atoms with E-state index in [1.165, 1.54) is 17.0 Å². The van der Waals surface area contributed by atoms with Gasteiger partial charge in [-0.25, -0.2) is 4.39 Å². The molecular formula is C24H19FN2O3S. The third-order valence-corrected chi connectivity index (χ3v) is 5.00. The van der Waals surface area contributed by atoms with Gasteiger partial charge in [0.05, 0.1) is 12.8 Å². The zero-order valence-corrected chi connectivity index (χ0v) is 17.5. The number of benzene rings is 3. The molecule has 1 aliphatic heterocycles. The fraction of sp³-hybridized carbons (Fsp3) is 0.0833. The lowest BCUT2D eigenvalue weighted by molar-refractivity contribution is -0.113. The van der Waals surface area contributed by atoms with Gasteiger partial charge in [-0.15, -0.1) is 0 Å². The summed E-state index contributed by atoms with van der Waals surface area (Å²) in [7, 11) is 1.58. The minimum atomic E-state index is -0.324. The molecule has 1 aliphatic rings. The van der Waals surface area contributed by atoms with E-state index in [-0.39, 0.29) is 18.3 Å². The Balaban J connectivity index is 1.56. The van der Waals surface area contributed by atoms with Crippen LogP contribution in [0.2, 0.25) is 0 Å². The Hall–Kier alpha value is -3.71. The van der Waals surface area contributed by atoms with E-state index >= 15 is 0 Å². The second-order valence-corrected chi connectivity index (χ2v) is 7.16. The van der Waals surface area contributed by atoms with Crippen molar-refractivity contribution in [2.45, 2.75) is 6.61 Å². The van der Waals surface area contributed by atoms with E-state index in [1.807, 2.05) is 48.5 Å². The number of anilines is 1. The standard InChI is InChI=1S/C24H19FN2O3S/c1-29-22-12-7-16(13-17(22)15-30-20-10-8-18(25)9-11-20)14-21-23(28)27(24(31)26-21)19-5-3-2-4-6-19/h2-14H,15H2,1H3,(H,26,31). The van der Waals surface area contributed by atoms with Crippen LogP contribution in [-0.2, 0) is 11.4 Å². The summed E-state index contributed by atoms with van der Waals surface area (Å²) < 4.78 is 24.2. The largest absolute Gasteiger partial charge is 0.496 e. The average Bonchev–Trinajstić information content (AvgIpc) is 3.06. The fourth-order valence-corrected chi connectivity index (χ4v) is 3.50. The molecule has 3 aromatic rings. The number of carbonyl (C=O) groups is 1. The monoisotopic (exact) mass is 434 g/mol. The molecule has 0 radical (unpaired) electrons. The van der Waals surface area contributed by atoms with Gasteiger partial charge in [0.25, 0.3) is 5.91 Å². The number of methoxy groups -OCH3 is 1. The summed E-state index contributed by atoms with van der Waals surface area (Å²) in [5, 5.41) is 3.31. The lowest BCUT2D eigenvalue weighted by Crippen LogP contribution is -2.30. The first-order chi connectivity index (χ1) is 15.0. The van der Waals surface area contributed by atoms with Crippen molar-refractivity contribution in [3.63, 3.8) is 0 Å². The predicted molar refractivity (Wildman–Crippen MR) is 121 cm³/mol. The van der Waals surface area contributed by atoms with Crippen LogP contribution in [0.4, 0.5) is 10.1 Å². The molecule has 7 heteroatoms. The zero-order valence-electron chi connectivity index (χ0n) is 16.7. The highest BCUT2D eigenvalue weighted by atomic mass is 32.1. The highest BCUT2D eigenvalue weighted by Crippen LogP contribution is 2.26. The van der Waals surface area contributed by atoms with Crippen LogP contribution in [0, 0.1) is 5.82 Å². The smallest absolute Gasteiger partial charge is 0.281 e. The third kappa shape index (κ3) is 4.57. The van der Waals surface area contributed by atoms with Crippen LogP contribution >= 0.6 is 12.2 Å². The summed E-state index contributed by atoms with van der Waals surface area (Å²) in [4.78, 5) is 14.4. The summed E-state index contributed by atoms with van der Waals surface area (Å²) in [5.41, 5.74) is 2.65. The maximum absolute atomic E-state index is 13.1. The topological polar surface area (TPSA) is 50.8 Å². The Labute approximate surface area is 184 Å². The molecule has 4 rings (SSSR count). The van der Waals surface area contributed by atoms with Gasteiger partial charge in [-0.3, -0.25) is 9.69 Å². The van der Waals surface area contributed by atoms with Crippen LogP contribution in [-0.4, -0.2) is 18.1 Å². The van der Waals surface area contributed by atoms with Crippen molar-refractivity contribution in [1.82, 2.24) is 5.32 Å². The molecule has 3 aromatic carbocycles. The Morgan fingerprint density at radius 3 is 2.52 bits per heavy atom. The molecule has 1 heterocycles. The Bertz CT molecular complexity index is 1150. The number of nitrogens with one attached hydrogen (secondary N) is 1. The highest BCUT2D eigenvalue weighted by Gasteiger charge is 2.31. The first kappa shape index (κ1) is 20.6. The van der Waals surface area contributed by atoms with E-state index in [0.29, 0.717) is 28.0 Å². The Morgan fingerprint density at radius 2 is 1.81 bits per heavy atom. The normalized spacial score (nSPS) is 14.6. The predicted octanol–water partition coefficient (Wildman–Crippen LogP) is 4.68. The number of thiocarbonyl (C=S) groups is 1. The summed E-state index contributed by atoms with van der Waals surface area (Å²) in [6.45, 7) is 0.224. The highest BCUT2D eigenvalue weighted by molar-refractivity contribution is 7.80. The van der Waals surface area contributed by atoms with Crippen molar-refractivity contribution in [1.29, 1.82) is 0 Å². The Kier molecular flexibility index (Phi) is 5.95. The van der Waals surface area contributed by atoms with Gasteiger partial charge in [0.2, 0.25) is 0 Å². The quantitative estimate of drug-likeness (QED) is 0.451. The maximum atomic E-state index is 13.1. The van der Waals surface area contributed by atoms with Crippen LogP contribution in [0.15, 0.2) is 78.5 Å². The van der Waals surface area contributed by atoms with Crippen molar-refractivity contribution in [2.24, 2.45) is 0 Å². The van der Waals surface area contributed by atoms with Gasteiger partial charge in [0.15, 0.2) is 5.11 Å². The zero-order chi connectivity index (χ0) is 21.8. The number of para-hydroxylation sites is 1. The van der Waals surface area contributed by atoms with Crippen LogP contribution < -0.4 is 19.7 Å². The number of carbonyl (C=O) groups excluding carboxylic acids is 1. The number of amides is 1. The molecule has 1 saturated heterocycles. The van der Waals surface area contributed by atoms with Crippen LogP contribution in [0.25, 0.3) is 6.08 Å².